The molecule has 0 radical (unpaired) electrons. The molecule has 4 rings (SSSR count). The Labute approximate surface area is 121 Å². The molecule has 0 fully saturated rings. The molecule has 102 valence electrons. The first-order valence-electron chi connectivity index (χ1n) is 6.96. The van der Waals surface area contributed by atoms with Crippen LogP contribution in [0.1, 0.15) is 11.1 Å². The minimum atomic E-state index is -0.00977. The molecule has 3 nitrogen and oxygen atoms in total. The average Bonchev–Trinajstić information content (AvgIpc) is 2.48. The fourth-order valence-electron chi connectivity index (χ4n) is 2.91. The van der Waals surface area contributed by atoms with E-state index in [0.717, 1.165) is 22.0 Å². The number of hydrogen-bond acceptors (Lipinski definition) is 2. The summed E-state index contributed by atoms with van der Waals surface area (Å²) in [7, 11) is 0. The van der Waals surface area contributed by atoms with Gasteiger partial charge in [0.25, 0.3) is 5.56 Å². The highest BCUT2D eigenvalue weighted by Gasteiger charge is 2.10. The van der Waals surface area contributed by atoms with Crippen molar-refractivity contribution in [3.8, 4) is 0 Å². The van der Waals surface area contributed by atoms with Crippen LogP contribution in [0.4, 0.5) is 0 Å². The Morgan fingerprint density at radius 3 is 2.62 bits per heavy atom. The number of rotatable bonds is 0. The number of aryl methyl sites for hydroxylation is 2. The van der Waals surface area contributed by atoms with E-state index in [-0.39, 0.29) is 5.56 Å². The normalized spacial score (nSPS) is 11.5. The third kappa shape index (κ3) is 1.67. The van der Waals surface area contributed by atoms with Gasteiger partial charge in [-0.15, -0.1) is 0 Å². The molecule has 0 spiro atoms. The second kappa shape index (κ2) is 4.16. The largest absolute Gasteiger partial charge is 0.268 e. The topological polar surface area (TPSA) is 34.4 Å². The molecule has 2 aromatic heterocycles. The molecule has 2 heterocycles. The Balaban J connectivity index is 2.35. The lowest BCUT2D eigenvalue weighted by Crippen LogP contribution is -2.16. The van der Waals surface area contributed by atoms with Crippen LogP contribution in [0.15, 0.2) is 53.3 Å². The predicted molar refractivity (Wildman–Crippen MR) is 85.9 cm³/mol. The maximum Gasteiger partial charge on any atom is 0.266 e. The summed E-state index contributed by atoms with van der Waals surface area (Å²) in [6.07, 6.45) is 0. The molecule has 0 bridgehead atoms. The van der Waals surface area contributed by atoms with Gasteiger partial charge >= 0.3 is 0 Å². The molecule has 0 saturated heterocycles. The van der Waals surface area contributed by atoms with Gasteiger partial charge in [-0.1, -0.05) is 23.8 Å². The second-order valence-corrected chi connectivity index (χ2v) is 5.48. The highest BCUT2D eigenvalue weighted by Crippen LogP contribution is 2.22. The smallest absolute Gasteiger partial charge is 0.266 e. The van der Waals surface area contributed by atoms with Crippen LogP contribution in [-0.2, 0) is 0 Å². The van der Waals surface area contributed by atoms with Crippen LogP contribution in [0.2, 0.25) is 0 Å². The van der Waals surface area contributed by atoms with Gasteiger partial charge in [-0.05, 0) is 49.7 Å². The second-order valence-electron chi connectivity index (χ2n) is 5.48. The molecule has 0 aliphatic carbocycles. The molecule has 0 unspecified atom stereocenters. The summed E-state index contributed by atoms with van der Waals surface area (Å²) >= 11 is 0. The average molecular weight is 274 g/mol. The monoisotopic (exact) mass is 274 g/mol. The Morgan fingerprint density at radius 1 is 0.952 bits per heavy atom. The molecule has 0 aliphatic rings. The van der Waals surface area contributed by atoms with Crippen LogP contribution in [0, 0.1) is 13.8 Å². The molecular weight excluding hydrogens is 260 g/mol. The minimum Gasteiger partial charge on any atom is -0.268 e. The van der Waals surface area contributed by atoms with Crippen LogP contribution in [-0.4, -0.2) is 9.38 Å². The SMILES string of the molecule is Cc1ccc2c(c1)c(C)cc1nc3ccccc3c(=O)n12. The number of para-hydroxylation sites is 1. The predicted octanol–water partition coefficient (Wildman–Crippen LogP) is 3.62. The van der Waals surface area contributed by atoms with Gasteiger partial charge in [-0.25, -0.2) is 4.98 Å². The lowest BCUT2D eigenvalue weighted by molar-refractivity contribution is 1.12. The standard InChI is InChI=1S/C18H14N2O/c1-11-7-8-16-14(9-11)12(2)10-17-19-15-6-4-3-5-13(15)18(21)20(16)17/h3-10H,1-2H3. The first kappa shape index (κ1) is 12.1. The maximum atomic E-state index is 12.8. The van der Waals surface area contributed by atoms with Crippen LogP contribution in [0.5, 0.6) is 0 Å². The Morgan fingerprint density at radius 2 is 1.76 bits per heavy atom. The third-order valence-electron chi connectivity index (χ3n) is 3.97. The number of fused-ring (bicyclic) bond motifs is 4. The van der Waals surface area contributed by atoms with Gasteiger partial charge in [-0.2, -0.15) is 0 Å². The lowest BCUT2D eigenvalue weighted by atomic mass is 10.1. The molecule has 2 aromatic carbocycles. The fourth-order valence-corrected chi connectivity index (χ4v) is 2.91. The molecule has 0 saturated carbocycles. The van der Waals surface area contributed by atoms with Crippen molar-refractivity contribution in [1.82, 2.24) is 9.38 Å². The van der Waals surface area contributed by atoms with E-state index in [1.54, 1.807) is 4.40 Å². The van der Waals surface area contributed by atoms with Crippen molar-refractivity contribution in [3.63, 3.8) is 0 Å². The Bertz CT molecular complexity index is 1080. The fraction of sp³-hybridized carbons (Fsp3) is 0.111. The van der Waals surface area contributed by atoms with Crippen molar-refractivity contribution < 1.29 is 0 Å². The number of benzene rings is 2. The zero-order chi connectivity index (χ0) is 14.6. The number of aromatic nitrogens is 2. The molecule has 4 aromatic rings. The number of pyridine rings is 1. The summed E-state index contributed by atoms with van der Waals surface area (Å²) < 4.78 is 1.71. The molecule has 0 amide bonds. The van der Waals surface area contributed by atoms with Crippen LogP contribution in [0.3, 0.4) is 0 Å². The van der Waals surface area contributed by atoms with E-state index in [2.05, 4.69) is 24.9 Å². The van der Waals surface area contributed by atoms with Gasteiger partial charge in [0.1, 0.15) is 5.65 Å². The van der Waals surface area contributed by atoms with Gasteiger partial charge in [0.05, 0.1) is 16.4 Å². The highest BCUT2D eigenvalue weighted by atomic mass is 16.1. The molecule has 3 heteroatoms. The maximum absolute atomic E-state index is 12.8. The van der Waals surface area contributed by atoms with Gasteiger partial charge in [0.15, 0.2) is 0 Å². The minimum absolute atomic E-state index is 0.00977. The number of hydrogen-bond donors (Lipinski definition) is 0. The summed E-state index contributed by atoms with van der Waals surface area (Å²) in [5, 5.41) is 1.75. The van der Waals surface area contributed by atoms with Crippen molar-refractivity contribution in [2.24, 2.45) is 0 Å². The van der Waals surface area contributed by atoms with E-state index in [0.29, 0.717) is 11.0 Å². The van der Waals surface area contributed by atoms with Gasteiger partial charge in [0.2, 0.25) is 0 Å². The Hall–Kier alpha value is -2.68. The number of nitrogens with zero attached hydrogens (tertiary/aromatic N) is 2. The van der Waals surface area contributed by atoms with Gasteiger partial charge in [-0.3, -0.25) is 9.20 Å². The Kier molecular flexibility index (Phi) is 2.39. The zero-order valence-electron chi connectivity index (χ0n) is 11.9. The lowest BCUT2D eigenvalue weighted by Gasteiger charge is -2.10. The molecular formula is C18H14N2O. The van der Waals surface area contributed by atoms with E-state index in [4.69, 9.17) is 0 Å². The summed E-state index contributed by atoms with van der Waals surface area (Å²) in [5.74, 6) is 0. The van der Waals surface area contributed by atoms with Crippen LogP contribution >= 0.6 is 0 Å². The van der Waals surface area contributed by atoms with Gasteiger partial charge < -0.3 is 0 Å². The summed E-state index contributed by atoms with van der Waals surface area (Å²) in [6.45, 7) is 4.12. The van der Waals surface area contributed by atoms with Crippen molar-refractivity contribution in [1.29, 1.82) is 0 Å². The van der Waals surface area contributed by atoms with E-state index >= 15 is 0 Å². The highest BCUT2D eigenvalue weighted by molar-refractivity contribution is 5.88. The first-order chi connectivity index (χ1) is 10.1. The molecule has 0 atom stereocenters. The van der Waals surface area contributed by atoms with Crippen molar-refractivity contribution >= 4 is 27.5 Å². The molecule has 0 aliphatic heterocycles. The summed E-state index contributed by atoms with van der Waals surface area (Å²) in [4.78, 5) is 17.5. The third-order valence-corrected chi connectivity index (χ3v) is 3.97. The summed E-state index contributed by atoms with van der Waals surface area (Å²) in [6, 6.07) is 15.6. The quantitative estimate of drug-likeness (QED) is 0.362. The van der Waals surface area contributed by atoms with E-state index < -0.39 is 0 Å². The van der Waals surface area contributed by atoms with Crippen molar-refractivity contribution in [2.75, 3.05) is 0 Å². The molecule has 21 heavy (non-hydrogen) atoms. The summed E-state index contributed by atoms with van der Waals surface area (Å²) in [5.41, 5.74) is 4.67. The zero-order valence-corrected chi connectivity index (χ0v) is 11.9. The van der Waals surface area contributed by atoms with Crippen LogP contribution < -0.4 is 5.56 Å². The first-order valence-corrected chi connectivity index (χ1v) is 6.96. The van der Waals surface area contributed by atoms with E-state index in [9.17, 15) is 4.79 Å². The van der Waals surface area contributed by atoms with Gasteiger partial charge in [0, 0.05) is 5.39 Å². The van der Waals surface area contributed by atoms with E-state index in [1.807, 2.05) is 42.5 Å². The van der Waals surface area contributed by atoms with E-state index in [1.165, 1.54) is 5.56 Å². The molecule has 0 N–H and O–H groups in total. The van der Waals surface area contributed by atoms with Crippen LogP contribution in [0.25, 0.3) is 27.5 Å². The van der Waals surface area contributed by atoms with Crippen molar-refractivity contribution in [3.05, 3.63) is 70.0 Å². The van der Waals surface area contributed by atoms with Crippen molar-refractivity contribution in [2.45, 2.75) is 13.8 Å².